The van der Waals surface area contributed by atoms with Gasteiger partial charge in [-0.3, -0.25) is 29.4 Å². The fourth-order valence-corrected chi connectivity index (χ4v) is 8.61. The second-order valence-corrected chi connectivity index (χ2v) is 15.9. The van der Waals surface area contributed by atoms with Gasteiger partial charge >= 0.3 is 0 Å². The minimum Gasteiger partial charge on any atom is -0.497 e. The standard InChI is InChI=1S/C43H46N6O7S/c1-54-30-11-13-35-37(24-30)57-40(45-35)8-4-3-7-28-9-15-38(44-25-28)48-26-32(27-48)56-29-17-20-47(21-18-29)19-5-2-6-22-55-31-10-12-33-34(23-31)43(53)49(42(33)52)36-14-16-39(50)46-41(36)51/h3-4,7-13,15,23-25,29,32,36H,2,5-6,14,16-22,26-27H2,1H3,(H,46,50,51)/b7-3+,8-4+. The van der Waals surface area contributed by atoms with Gasteiger partial charge in [-0.1, -0.05) is 18.2 Å². The molecule has 2 aromatic heterocycles. The number of hydrogen-bond acceptors (Lipinski definition) is 12. The van der Waals surface area contributed by atoms with Crippen molar-refractivity contribution >= 4 is 63.2 Å². The van der Waals surface area contributed by atoms with Crippen LogP contribution in [0.4, 0.5) is 5.82 Å². The number of benzene rings is 2. The van der Waals surface area contributed by atoms with Gasteiger partial charge in [-0.25, -0.2) is 9.97 Å². The van der Waals surface area contributed by atoms with Crippen molar-refractivity contribution in [1.82, 2.24) is 25.1 Å². The lowest BCUT2D eigenvalue weighted by Gasteiger charge is -2.43. The van der Waals surface area contributed by atoms with E-state index in [0.29, 0.717) is 18.5 Å². The molecule has 1 N–H and O–H groups in total. The summed E-state index contributed by atoms with van der Waals surface area (Å²) >= 11 is 1.64. The molecule has 0 spiro atoms. The number of methoxy groups -OCH3 is 1. The maximum atomic E-state index is 13.1. The number of rotatable bonds is 15. The van der Waals surface area contributed by atoms with Crippen LogP contribution in [0, 0.1) is 0 Å². The molecule has 8 rings (SSSR count). The summed E-state index contributed by atoms with van der Waals surface area (Å²) in [4.78, 5) is 64.9. The second-order valence-electron chi connectivity index (χ2n) is 14.8. The zero-order valence-corrected chi connectivity index (χ0v) is 32.7. The molecule has 14 heteroatoms. The molecule has 4 aliphatic rings. The van der Waals surface area contributed by atoms with Crippen LogP contribution in [-0.2, 0) is 14.3 Å². The average Bonchev–Trinajstić information content (AvgIpc) is 3.73. The third-order valence-corrected chi connectivity index (χ3v) is 11.9. The fraction of sp³-hybridized carbons (Fsp3) is 0.395. The third kappa shape index (κ3) is 8.93. The van der Waals surface area contributed by atoms with Gasteiger partial charge in [0.25, 0.3) is 11.8 Å². The summed E-state index contributed by atoms with van der Waals surface area (Å²) < 4.78 is 18.8. The lowest BCUT2D eigenvalue weighted by atomic mass is 10.0. The van der Waals surface area contributed by atoms with E-state index in [2.05, 4.69) is 37.2 Å². The zero-order valence-electron chi connectivity index (χ0n) is 31.9. The molecular weight excluding hydrogens is 745 g/mol. The first kappa shape index (κ1) is 38.4. The highest BCUT2D eigenvalue weighted by Crippen LogP contribution is 2.31. The van der Waals surface area contributed by atoms with Crippen molar-refractivity contribution in [2.75, 3.05) is 51.3 Å². The van der Waals surface area contributed by atoms with Crippen molar-refractivity contribution in [3.63, 3.8) is 0 Å². The van der Waals surface area contributed by atoms with Crippen LogP contribution in [0.1, 0.15) is 76.2 Å². The summed E-state index contributed by atoms with van der Waals surface area (Å²) in [5, 5.41) is 3.17. The van der Waals surface area contributed by atoms with Gasteiger partial charge < -0.3 is 24.0 Å². The Bertz CT molecular complexity index is 2190. The summed E-state index contributed by atoms with van der Waals surface area (Å²) in [6.07, 6.45) is 15.8. The quantitative estimate of drug-likeness (QED) is 0.0894. The lowest BCUT2D eigenvalue weighted by molar-refractivity contribution is -0.136. The van der Waals surface area contributed by atoms with E-state index in [0.717, 1.165) is 102 Å². The molecule has 0 aliphatic carbocycles. The summed E-state index contributed by atoms with van der Waals surface area (Å²) in [6, 6.07) is 13.9. The maximum Gasteiger partial charge on any atom is 0.262 e. The zero-order chi connectivity index (χ0) is 39.3. The van der Waals surface area contributed by atoms with E-state index in [4.69, 9.17) is 14.2 Å². The number of fused-ring (bicyclic) bond motifs is 2. The number of anilines is 1. The van der Waals surface area contributed by atoms with Gasteiger partial charge in [0.05, 0.1) is 47.3 Å². The Morgan fingerprint density at radius 1 is 0.860 bits per heavy atom. The molecule has 57 heavy (non-hydrogen) atoms. The average molecular weight is 791 g/mol. The Morgan fingerprint density at radius 3 is 2.46 bits per heavy atom. The lowest BCUT2D eigenvalue weighted by Crippen LogP contribution is -2.54. The second kappa shape index (κ2) is 17.4. The number of imide groups is 2. The smallest absolute Gasteiger partial charge is 0.262 e. The Hall–Kier alpha value is -5.44. The van der Waals surface area contributed by atoms with Crippen molar-refractivity contribution in [1.29, 1.82) is 0 Å². The number of pyridine rings is 1. The van der Waals surface area contributed by atoms with Gasteiger partial charge in [-0.2, -0.15) is 0 Å². The predicted octanol–water partition coefficient (Wildman–Crippen LogP) is 5.75. The van der Waals surface area contributed by atoms with E-state index >= 15 is 0 Å². The number of ether oxygens (including phenoxy) is 3. The normalized spacial score (nSPS) is 19.6. The number of allylic oxidation sites excluding steroid dienone is 2. The van der Waals surface area contributed by atoms with Crippen molar-refractivity contribution in [2.45, 2.75) is 63.2 Å². The van der Waals surface area contributed by atoms with Crippen molar-refractivity contribution < 1.29 is 33.4 Å². The number of hydrogen-bond donors (Lipinski definition) is 1. The number of nitrogens with zero attached hydrogens (tertiary/aromatic N) is 5. The van der Waals surface area contributed by atoms with Crippen LogP contribution in [0.15, 0.2) is 66.9 Å². The van der Waals surface area contributed by atoms with Crippen LogP contribution >= 0.6 is 11.3 Å². The highest BCUT2D eigenvalue weighted by atomic mass is 32.1. The maximum absolute atomic E-state index is 13.1. The van der Waals surface area contributed by atoms with Gasteiger partial charge in [-0.05, 0) is 105 Å². The number of nitrogens with one attached hydrogen (secondary N) is 1. The first-order valence-electron chi connectivity index (χ1n) is 19.7. The molecule has 4 aliphatic heterocycles. The molecule has 4 aromatic rings. The van der Waals surface area contributed by atoms with E-state index in [-0.39, 0.29) is 30.1 Å². The van der Waals surface area contributed by atoms with Gasteiger partial charge in [0.1, 0.15) is 28.4 Å². The SMILES string of the molecule is COc1ccc2nc(/C=C/C=C/c3ccc(N4CC(OC5CCN(CCCCCOc6ccc7c(c6)C(=O)N(C6CCC(=O)NC6=O)C7=O)CC5)C4)nc3)sc2c1. The van der Waals surface area contributed by atoms with Crippen LogP contribution in [0.3, 0.4) is 0 Å². The molecule has 1 atom stereocenters. The number of amides is 4. The molecule has 3 saturated heterocycles. The topological polar surface area (TPSA) is 144 Å². The monoisotopic (exact) mass is 790 g/mol. The van der Waals surface area contributed by atoms with E-state index in [9.17, 15) is 19.2 Å². The van der Waals surface area contributed by atoms with Crippen molar-refractivity contribution in [3.8, 4) is 11.5 Å². The Kier molecular flexibility index (Phi) is 11.7. The van der Waals surface area contributed by atoms with Crippen LogP contribution < -0.4 is 19.7 Å². The predicted molar refractivity (Wildman–Crippen MR) is 217 cm³/mol. The minimum atomic E-state index is -0.980. The van der Waals surface area contributed by atoms with Crippen LogP contribution in [-0.4, -0.2) is 108 Å². The molecule has 296 valence electrons. The molecule has 0 radical (unpaired) electrons. The van der Waals surface area contributed by atoms with Gasteiger partial charge in [0, 0.05) is 38.8 Å². The van der Waals surface area contributed by atoms with Crippen molar-refractivity contribution in [3.05, 3.63) is 88.6 Å². The van der Waals surface area contributed by atoms with E-state index in [1.54, 1.807) is 36.6 Å². The number of thiazole rings is 1. The summed E-state index contributed by atoms with van der Waals surface area (Å²) in [6.45, 7) is 5.35. The van der Waals surface area contributed by atoms with Crippen LogP contribution in [0.2, 0.25) is 0 Å². The number of piperidine rings is 2. The van der Waals surface area contributed by atoms with Crippen LogP contribution in [0.5, 0.6) is 11.5 Å². The first-order chi connectivity index (χ1) is 27.8. The highest BCUT2D eigenvalue weighted by Gasteiger charge is 2.44. The summed E-state index contributed by atoms with van der Waals surface area (Å²) in [5.74, 6) is 0.264. The molecule has 2 aromatic carbocycles. The summed E-state index contributed by atoms with van der Waals surface area (Å²) in [5.41, 5.74) is 2.49. The van der Waals surface area contributed by atoms with E-state index in [1.807, 2.05) is 48.7 Å². The van der Waals surface area contributed by atoms with Gasteiger partial charge in [0.15, 0.2) is 0 Å². The van der Waals surface area contributed by atoms with Crippen LogP contribution in [0.25, 0.3) is 22.4 Å². The number of carbonyl (C=O) groups excluding carboxylic acids is 4. The largest absolute Gasteiger partial charge is 0.497 e. The molecule has 4 amide bonds. The summed E-state index contributed by atoms with van der Waals surface area (Å²) in [7, 11) is 1.67. The Balaban J connectivity index is 0.683. The number of unbranched alkanes of at least 4 members (excludes halogenated alkanes) is 2. The highest BCUT2D eigenvalue weighted by molar-refractivity contribution is 7.19. The van der Waals surface area contributed by atoms with Crippen molar-refractivity contribution in [2.24, 2.45) is 0 Å². The first-order valence-corrected chi connectivity index (χ1v) is 20.5. The van der Waals surface area contributed by atoms with E-state index in [1.165, 1.54) is 0 Å². The molecular formula is C43H46N6O7S. The Morgan fingerprint density at radius 2 is 1.67 bits per heavy atom. The third-order valence-electron chi connectivity index (χ3n) is 10.9. The molecule has 3 fully saturated rings. The molecule has 0 bridgehead atoms. The number of likely N-dealkylation sites (tertiary alicyclic amines) is 1. The molecule has 1 unspecified atom stereocenters. The van der Waals surface area contributed by atoms with E-state index < -0.39 is 29.7 Å². The number of aromatic nitrogens is 2. The molecule has 0 saturated carbocycles. The minimum absolute atomic E-state index is 0.0877. The number of carbonyl (C=O) groups is 4. The molecule has 6 heterocycles. The Labute approximate surface area is 335 Å². The fourth-order valence-electron chi connectivity index (χ4n) is 7.71. The molecule has 13 nitrogen and oxygen atoms in total. The van der Waals surface area contributed by atoms with Gasteiger partial charge in [-0.15, -0.1) is 11.3 Å². The van der Waals surface area contributed by atoms with Gasteiger partial charge in [0.2, 0.25) is 11.8 Å².